The average Bonchev–Trinajstić information content (AvgIpc) is 2.36. The van der Waals surface area contributed by atoms with Gasteiger partial charge in [0.1, 0.15) is 11.9 Å². The van der Waals surface area contributed by atoms with E-state index in [1.54, 1.807) is 6.07 Å². The molecule has 0 bridgehead atoms. The third-order valence-electron chi connectivity index (χ3n) is 3.59. The van der Waals surface area contributed by atoms with Crippen molar-refractivity contribution < 1.29 is 14.6 Å². The maximum Gasteiger partial charge on any atom is 0.148 e. The van der Waals surface area contributed by atoms with Crippen LogP contribution in [-0.4, -0.2) is 15.8 Å². The summed E-state index contributed by atoms with van der Waals surface area (Å²) in [6, 6.07) is 3.04. The maximum atomic E-state index is 14.0. The van der Waals surface area contributed by atoms with Crippen molar-refractivity contribution in [2.75, 3.05) is 0 Å². The average molecular weight is 338 g/mol. The highest BCUT2D eigenvalue weighted by Gasteiger charge is 2.39. The molecule has 1 aliphatic carbocycles. The van der Waals surface area contributed by atoms with Gasteiger partial charge in [-0.2, -0.15) is 0 Å². The molecule has 0 spiro atoms. The first-order valence-electron chi connectivity index (χ1n) is 5.99. The fraction of sp³-hybridized carbons (Fsp3) is 0.538. The Bertz CT molecular complexity index is 447. The van der Waals surface area contributed by atoms with Gasteiger partial charge in [0, 0.05) is 10.0 Å². The van der Waals surface area contributed by atoms with Crippen molar-refractivity contribution in [2.45, 2.75) is 43.8 Å². The van der Waals surface area contributed by atoms with E-state index in [0.29, 0.717) is 17.3 Å². The van der Waals surface area contributed by atoms with Crippen molar-refractivity contribution in [3.63, 3.8) is 0 Å². The van der Waals surface area contributed by atoms with Crippen molar-refractivity contribution in [1.82, 2.24) is 0 Å². The zero-order valence-electron chi connectivity index (χ0n) is 9.80. The Hall–Kier alpha value is -0.160. The van der Waals surface area contributed by atoms with Gasteiger partial charge < -0.3 is 10.2 Å². The lowest BCUT2D eigenvalue weighted by Gasteiger charge is -2.36. The molecule has 0 aliphatic heterocycles. The summed E-state index contributed by atoms with van der Waals surface area (Å²) in [5.41, 5.74) is -1.18. The number of aliphatic hydroxyl groups is 2. The lowest BCUT2D eigenvalue weighted by Crippen LogP contribution is -2.38. The molecule has 2 rings (SSSR count). The Morgan fingerprint density at radius 2 is 1.89 bits per heavy atom. The molecule has 1 saturated carbocycles. The fourth-order valence-electron chi connectivity index (χ4n) is 2.48. The van der Waals surface area contributed by atoms with E-state index in [9.17, 15) is 14.6 Å². The number of hydrogen-bond acceptors (Lipinski definition) is 2. The normalized spacial score (nSPS) is 20.7. The van der Waals surface area contributed by atoms with E-state index in [-0.39, 0.29) is 10.6 Å². The summed E-state index contributed by atoms with van der Waals surface area (Å²) in [7, 11) is 0. The molecule has 1 fully saturated rings. The molecule has 2 nitrogen and oxygen atoms in total. The van der Waals surface area contributed by atoms with Crippen LogP contribution in [0.4, 0.5) is 4.39 Å². The Morgan fingerprint density at radius 1 is 1.28 bits per heavy atom. The molecule has 5 heteroatoms. The van der Waals surface area contributed by atoms with Crippen LogP contribution in [0.15, 0.2) is 16.6 Å². The number of benzene rings is 1. The van der Waals surface area contributed by atoms with Gasteiger partial charge in [-0.05, 0) is 34.8 Å². The van der Waals surface area contributed by atoms with E-state index in [1.807, 2.05) is 0 Å². The number of rotatable bonds is 2. The van der Waals surface area contributed by atoms with Crippen LogP contribution in [0.5, 0.6) is 0 Å². The van der Waals surface area contributed by atoms with Gasteiger partial charge in [0.15, 0.2) is 0 Å². The molecule has 0 saturated heterocycles. The van der Waals surface area contributed by atoms with Gasteiger partial charge in [0.2, 0.25) is 0 Å². The van der Waals surface area contributed by atoms with Crippen LogP contribution in [0.2, 0.25) is 5.02 Å². The third-order valence-corrected chi connectivity index (χ3v) is 4.85. The van der Waals surface area contributed by atoms with Crippen molar-refractivity contribution in [2.24, 2.45) is 0 Å². The van der Waals surface area contributed by atoms with Crippen LogP contribution in [0.1, 0.15) is 43.8 Å². The predicted octanol–water partition coefficient (Wildman–Crippen LogP) is 3.97. The fourth-order valence-corrected chi connectivity index (χ4v) is 2.96. The van der Waals surface area contributed by atoms with Crippen molar-refractivity contribution in [1.29, 1.82) is 0 Å². The second-order valence-corrected chi connectivity index (χ2v) is 6.06. The molecular weight excluding hydrogens is 322 g/mol. The second-order valence-electron chi connectivity index (χ2n) is 4.83. The summed E-state index contributed by atoms with van der Waals surface area (Å²) in [6.07, 6.45) is 2.48. The molecule has 100 valence electrons. The minimum Gasteiger partial charge on any atom is -0.387 e. The summed E-state index contributed by atoms with van der Waals surface area (Å²) >= 11 is 8.92. The molecule has 0 aromatic heterocycles. The molecule has 1 aromatic carbocycles. The second kappa shape index (κ2) is 5.45. The summed E-state index contributed by atoms with van der Waals surface area (Å²) in [5, 5.41) is 20.6. The lowest BCUT2D eigenvalue weighted by atomic mass is 9.78. The molecule has 0 amide bonds. The van der Waals surface area contributed by atoms with Gasteiger partial charge in [-0.25, -0.2) is 4.39 Å². The van der Waals surface area contributed by atoms with Gasteiger partial charge in [0.05, 0.1) is 10.6 Å². The van der Waals surface area contributed by atoms with Gasteiger partial charge in [-0.15, -0.1) is 0 Å². The highest BCUT2D eigenvalue weighted by Crippen LogP contribution is 2.41. The lowest BCUT2D eigenvalue weighted by molar-refractivity contribution is -0.100. The Morgan fingerprint density at radius 3 is 2.50 bits per heavy atom. The Labute approximate surface area is 119 Å². The van der Waals surface area contributed by atoms with E-state index in [4.69, 9.17) is 11.6 Å². The van der Waals surface area contributed by atoms with Crippen LogP contribution in [0, 0.1) is 5.82 Å². The van der Waals surface area contributed by atoms with Gasteiger partial charge in [0.25, 0.3) is 0 Å². The highest BCUT2D eigenvalue weighted by atomic mass is 79.9. The Kier molecular flexibility index (Phi) is 4.32. The first kappa shape index (κ1) is 14.3. The third kappa shape index (κ3) is 2.57. The van der Waals surface area contributed by atoms with Crippen LogP contribution < -0.4 is 0 Å². The predicted molar refractivity (Wildman–Crippen MR) is 72.1 cm³/mol. The van der Waals surface area contributed by atoms with Crippen molar-refractivity contribution in [3.8, 4) is 0 Å². The van der Waals surface area contributed by atoms with E-state index >= 15 is 0 Å². The monoisotopic (exact) mass is 336 g/mol. The van der Waals surface area contributed by atoms with Gasteiger partial charge >= 0.3 is 0 Å². The molecule has 1 unspecified atom stereocenters. The smallest absolute Gasteiger partial charge is 0.148 e. The molecule has 1 atom stereocenters. The molecule has 1 aromatic rings. The molecule has 0 heterocycles. The Balaban J connectivity index is 2.33. The van der Waals surface area contributed by atoms with Crippen LogP contribution in [-0.2, 0) is 0 Å². The van der Waals surface area contributed by atoms with Crippen LogP contribution in [0.25, 0.3) is 0 Å². The van der Waals surface area contributed by atoms with Crippen molar-refractivity contribution >= 4 is 27.5 Å². The van der Waals surface area contributed by atoms with Gasteiger partial charge in [-0.1, -0.05) is 36.9 Å². The van der Waals surface area contributed by atoms with Crippen LogP contribution >= 0.6 is 27.5 Å². The largest absolute Gasteiger partial charge is 0.387 e. The van der Waals surface area contributed by atoms with Gasteiger partial charge in [-0.3, -0.25) is 0 Å². The minimum absolute atomic E-state index is 0.0626. The zero-order chi connectivity index (χ0) is 13.3. The van der Waals surface area contributed by atoms with Crippen molar-refractivity contribution in [3.05, 3.63) is 33.0 Å². The standard InChI is InChI=1S/C13H15BrClFO2/c14-9-5-4-8(11(16)10(9)15)12(17)13(18)6-2-1-3-7-13/h4-5,12,17-18H,1-3,6-7H2. The summed E-state index contributed by atoms with van der Waals surface area (Å²) in [5.74, 6) is -0.669. The first-order valence-corrected chi connectivity index (χ1v) is 7.16. The van der Waals surface area contributed by atoms with E-state index in [1.165, 1.54) is 6.07 Å². The molecule has 0 radical (unpaired) electrons. The maximum absolute atomic E-state index is 14.0. The van der Waals surface area contributed by atoms with E-state index in [2.05, 4.69) is 15.9 Å². The number of halogens is 3. The number of hydrogen-bond donors (Lipinski definition) is 2. The molecule has 2 N–H and O–H groups in total. The quantitative estimate of drug-likeness (QED) is 0.802. The van der Waals surface area contributed by atoms with Crippen LogP contribution in [0.3, 0.4) is 0 Å². The van der Waals surface area contributed by atoms with E-state index in [0.717, 1.165) is 19.3 Å². The molecular formula is C13H15BrClFO2. The molecule has 18 heavy (non-hydrogen) atoms. The van der Waals surface area contributed by atoms with E-state index < -0.39 is 17.5 Å². The summed E-state index contributed by atoms with van der Waals surface area (Å²) < 4.78 is 14.4. The topological polar surface area (TPSA) is 40.5 Å². The summed E-state index contributed by atoms with van der Waals surface area (Å²) in [6.45, 7) is 0. The number of aliphatic hydroxyl groups excluding tert-OH is 1. The molecule has 1 aliphatic rings. The first-order chi connectivity index (χ1) is 8.46. The minimum atomic E-state index is -1.24. The summed E-state index contributed by atoms with van der Waals surface area (Å²) in [4.78, 5) is 0. The zero-order valence-corrected chi connectivity index (χ0v) is 12.1. The SMILES string of the molecule is OC(c1ccc(Br)c(Cl)c1F)C1(O)CCCCC1. The highest BCUT2D eigenvalue weighted by molar-refractivity contribution is 9.10.